The number of hydrogen-bond acceptors (Lipinski definition) is 6. The van der Waals surface area contributed by atoms with Crippen molar-refractivity contribution in [2.45, 2.75) is 105 Å². The van der Waals surface area contributed by atoms with Gasteiger partial charge in [0.15, 0.2) is 0 Å². The van der Waals surface area contributed by atoms with Crippen LogP contribution in [0.4, 0.5) is 4.79 Å². The van der Waals surface area contributed by atoms with E-state index >= 15 is 0 Å². The number of nitrogens with two attached hydrogens (primary N) is 1. The number of nitrogens with zero attached hydrogens (tertiary/aromatic N) is 1. The lowest BCUT2D eigenvalue weighted by atomic mass is 9.80. The zero-order valence-electron chi connectivity index (χ0n) is 25.5. The summed E-state index contributed by atoms with van der Waals surface area (Å²) in [6.45, 7) is 14.7. The number of fused-ring (bicyclic) bond motifs is 1. The topological polar surface area (TPSA) is 188 Å². The number of carbonyl (C=O) groups excluding carboxylic acids is 5. The van der Waals surface area contributed by atoms with Crippen LogP contribution in [0.2, 0.25) is 0 Å². The van der Waals surface area contributed by atoms with E-state index < -0.39 is 70.5 Å². The molecule has 0 aromatic rings. The average molecular weight is 578 g/mol. The summed E-state index contributed by atoms with van der Waals surface area (Å²) >= 11 is 0. The molecule has 1 aliphatic heterocycles. The molecule has 12 heteroatoms. The minimum atomic E-state index is -1.20. The second kappa shape index (κ2) is 11.2. The number of piperidine rings is 1. The first-order valence-corrected chi connectivity index (χ1v) is 14.4. The van der Waals surface area contributed by atoms with Crippen LogP contribution in [0.25, 0.3) is 0 Å². The van der Waals surface area contributed by atoms with Crippen LogP contribution >= 0.6 is 0 Å². The van der Waals surface area contributed by atoms with E-state index in [-0.39, 0.29) is 23.2 Å². The lowest BCUT2D eigenvalue weighted by Gasteiger charge is -2.38. The standard InChI is InChI=1S/C29H47N5O7/c1-27(2,3)20(32-26(41)33-21(25(39)40)28(4,5)6)24(38)34-13-15-17(29(15,7)8)18(34)23(37)31-16(19(35)22(30)36)12-14-10-9-11-14/h14-18,20-21H,9-13H2,1-8H3,(H2,30,36)(H,31,37)(H,39,40)(H2,32,33,41)/t15-,16?,17-,18-,20+,21+/m0/s1. The third kappa shape index (κ3) is 6.83. The molecule has 1 saturated heterocycles. The van der Waals surface area contributed by atoms with Crippen molar-refractivity contribution in [1.29, 1.82) is 0 Å². The van der Waals surface area contributed by atoms with Crippen molar-refractivity contribution in [3.05, 3.63) is 0 Å². The van der Waals surface area contributed by atoms with Gasteiger partial charge in [-0.1, -0.05) is 74.7 Å². The third-order valence-corrected chi connectivity index (χ3v) is 9.21. The van der Waals surface area contributed by atoms with E-state index in [1.54, 1.807) is 41.5 Å². The van der Waals surface area contributed by atoms with Crippen molar-refractivity contribution in [3.63, 3.8) is 0 Å². The molecule has 1 unspecified atom stereocenters. The van der Waals surface area contributed by atoms with Gasteiger partial charge in [0, 0.05) is 6.54 Å². The van der Waals surface area contributed by atoms with Crippen molar-refractivity contribution in [1.82, 2.24) is 20.9 Å². The van der Waals surface area contributed by atoms with Crippen LogP contribution in [0.5, 0.6) is 0 Å². The molecule has 230 valence electrons. The average Bonchev–Trinajstić information content (AvgIpc) is 3.13. The highest BCUT2D eigenvalue weighted by atomic mass is 16.4. The molecule has 3 rings (SSSR count). The smallest absolute Gasteiger partial charge is 0.326 e. The van der Waals surface area contributed by atoms with E-state index in [1.165, 1.54) is 4.90 Å². The van der Waals surface area contributed by atoms with E-state index in [4.69, 9.17) is 5.73 Å². The number of primary amides is 1. The Bertz CT molecular complexity index is 1100. The number of carboxylic acids is 1. The Balaban J connectivity index is 1.84. The van der Waals surface area contributed by atoms with Crippen molar-refractivity contribution >= 4 is 35.5 Å². The van der Waals surface area contributed by atoms with Gasteiger partial charge >= 0.3 is 12.0 Å². The van der Waals surface area contributed by atoms with E-state index in [9.17, 15) is 33.9 Å². The highest BCUT2D eigenvalue weighted by Crippen LogP contribution is 2.65. The van der Waals surface area contributed by atoms with Crippen LogP contribution in [-0.4, -0.2) is 76.2 Å². The molecule has 2 aliphatic carbocycles. The van der Waals surface area contributed by atoms with Crippen molar-refractivity contribution in [3.8, 4) is 0 Å². The Hall–Kier alpha value is -3.18. The first-order chi connectivity index (χ1) is 18.7. The number of carbonyl (C=O) groups is 6. The number of amides is 5. The van der Waals surface area contributed by atoms with Crippen LogP contribution in [0.1, 0.15) is 81.1 Å². The Morgan fingerprint density at radius 3 is 1.90 bits per heavy atom. The summed E-state index contributed by atoms with van der Waals surface area (Å²) in [6, 6.07) is -5.05. The summed E-state index contributed by atoms with van der Waals surface area (Å²) in [5, 5.41) is 17.5. The van der Waals surface area contributed by atoms with Crippen molar-refractivity contribution in [2.75, 3.05) is 6.54 Å². The second-order valence-corrected chi connectivity index (χ2v) is 14.8. The largest absolute Gasteiger partial charge is 0.480 e. The fourth-order valence-corrected chi connectivity index (χ4v) is 6.30. The molecule has 0 aromatic carbocycles. The predicted molar refractivity (Wildman–Crippen MR) is 150 cm³/mol. The molecule has 0 spiro atoms. The molecule has 6 N–H and O–H groups in total. The molecule has 1 heterocycles. The van der Waals surface area contributed by atoms with Gasteiger partial charge in [0.1, 0.15) is 18.1 Å². The lowest BCUT2D eigenvalue weighted by molar-refractivity contribution is -0.145. The molecular weight excluding hydrogens is 530 g/mol. The quantitative estimate of drug-likeness (QED) is 0.243. The van der Waals surface area contributed by atoms with Crippen molar-refractivity contribution < 1.29 is 33.9 Å². The number of hydrogen-bond donors (Lipinski definition) is 5. The number of urea groups is 1. The molecule has 2 saturated carbocycles. The Morgan fingerprint density at radius 1 is 0.927 bits per heavy atom. The molecule has 3 aliphatic rings. The van der Waals surface area contributed by atoms with Gasteiger partial charge in [0.2, 0.25) is 17.6 Å². The monoisotopic (exact) mass is 577 g/mol. The van der Waals surface area contributed by atoms with Gasteiger partial charge in [-0.2, -0.15) is 0 Å². The van der Waals surface area contributed by atoms with Gasteiger partial charge in [0.25, 0.3) is 5.91 Å². The van der Waals surface area contributed by atoms with Gasteiger partial charge in [-0.25, -0.2) is 9.59 Å². The highest BCUT2D eigenvalue weighted by Gasteiger charge is 2.70. The van der Waals surface area contributed by atoms with Gasteiger partial charge in [-0.05, 0) is 40.4 Å². The number of rotatable bonds is 10. The molecule has 5 amide bonds. The lowest BCUT2D eigenvalue weighted by Crippen LogP contribution is -2.62. The second-order valence-electron chi connectivity index (χ2n) is 14.8. The predicted octanol–water partition coefficient (Wildman–Crippen LogP) is 1.41. The van der Waals surface area contributed by atoms with Crippen LogP contribution in [0, 0.1) is 34.0 Å². The van der Waals surface area contributed by atoms with E-state index in [1.807, 2.05) is 13.8 Å². The van der Waals surface area contributed by atoms with Crippen LogP contribution in [-0.2, 0) is 24.0 Å². The Morgan fingerprint density at radius 2 is 1.46 bits per heavy atom. The molecule has 12 nitrogen and oxygen atoms in total. The summed E-state index contributed by atoms with van der Waals surface area (Å²) in [4.78, 5) is 78.4. The van der Waals surface area contributed by atoms with E-state index in [0.29, 0.717) is 13.0 Å². The molecule has 3 fully saturated rings. The zero-order chi connectivity index (χ0) is 31.2. The minimum absolute atomic E-state index is 0.0471. The molecule has 6 atom stereocenters. The number of Topliss-reactive ketones (excluding diaryl/α,β-unsaturated/α-hetero) is 1. The van der Waals surface area contributed by atoms with Crippen LogP contribution < -0.4 is 21.7 Å². The van der Waals surface area contributed by atoms with E-state index in [0.717, 1.165) is 19.3 Å². The van der Waals surface area contributed by atoms with Gasteiger partial charge in [-0.3, -0.25) is 19.2 Å². The van der Waals surface area contributed by atoms with E-state index in [2.05, 4.69) is 16.0 Å². The summed E-state index contributed by atoms with van der Waals surface area (Å²) in [5.74, 6) is -4.07. The number of ketones is 1. The number of aliphatic carboxylic acids is 1. The highest BCUT2D eigenvalue weighted by molar-refractivity contribution is 6.37. The fraction of sp³-hybridized carbons (Fsp3) is 0.793. The maximum absolute atomic E-state index is 14.0. The molecular formula is C29H47N5O7. The maximum atomic E-state index is 14.0. The minimum Gasteiger partial charge on any atom is -0.480 e. The fourth-order valence-electron chi connectivity index (χ4n) is 6.30. The molecule has 0 bridgehead atoms. The molecule has 0 aromatic heterocycles. The maximum Gasteiger partial charge on any atom is 0.326 e. The number of likely N-dealkylation sites (tertiary alicyclic amines) is 1. The summed E-state index contributed by atoms with van der Waals surface area (Å²) in [7, 11) is 0. The number of carboxylic acid groups (broad SMARTS) is 1. The Labute approximate surface area is 241 Å². The summed E-state index contributed by atoms with van der Waals surface area (Å²) in [5.41, 5.74) is 3.50. The van der Waals surface area contributed by atoms with Crippen molar-refractivity contribution in [2.24, 2.45) is 39.7 Å². The summed E-state index contributed by atoms with van der Waals surface area (Å²) < 4.78 is 0. The van der Waals surface area contributed by atoms with Gasteiger partial charge in [0.05, 0.1) is 6.04 Å². The normalized spacial score (nSPS) is 25.6. The van der Waals surface area contributed by atoms with Gasteiger partial charge < -0.3 is 31.7 Å². The van der Waals surface area contributed by atoms with Gasteiger partial charge in [-0.15, -0.1) is 0 Å². The first-order valence-electron chi connectivity index (χ1n) is 14.4. The third-order valence-electron chi connectivity index (χ3n) is 9.21. The molecule has 0 radical (unpaired) electrons. The van der Waals surface area contributed by atoms with Crippen LogP contribution in [0.15, 0.2) is 0 Å². The van der Waals surface area contributed by atoms with Crippen LogP contribution in [0.3, 0.4) is 0 Å². The molecule has 41 heavy (non-hydrogen) atoms. The number of nitrogens with one attached hydrogen (secondary N) is 3. The summed E-state index contributed by atoms with van der Waals surface area (Å²) in [6.07, 6.45) is 3.15. The SMILES string of the molecule is CC(C)(C)[C@H](NC(=O)N[C@H](C(=O)N1C[C@H]2[C@@H]([C@H]1C(=O)NC(CC1CCC1)C(=O)C(N)=O)C2(C)C)C(C)(C)C)C(=O)O. The first kappa shape index (κ1) is 32.3. The zero-order valence-corrected chi connectivity index (χ0v) is 25.5. The Kier molecular flexibility index (Phi) is 8.87.